The van der Waals surface area contributed by atoms with Crippen LogP contribution in [0.3, 0.4) is 0 Å². The highest BCUT2D eigenvalue weighted by atomic mass is 32.1. The SMILES string of the molecule is Cc1nc(N(Cc2ccsc2)C2CC2)sc1CN. The van der Waals surface area contributed by atoms with Crippen molar-refractivity contribution in [2.45, 2.75) is 38.9 Å². The zero-order chi connectivity index (χ0) is 12.5. The lowest BCUT2D eigenvalue weighted by molar-refractivity contribution is 0.790. The van der Waals surface area contributed by atoms with Gasteiger partial charge >= 0.3 is 0 Å². The molecule has 0 amide bonds. The molecule has 1 aliphatic carbocycles. The van der Waals surface area contributed by atoms with Gasteiger partial charge < -0.3 is 10.6 Å². The average molecular weight is 279 g/mol. The maximum atomic E-state index is 5.75. The Kier molecular flexibility index (Phi) is 3.37. The van der Waals surface area contributed by atoms with E-state index in [1.807, 2.05) is 0 Å². The van der Waals surface area contributed by atoms with Crippen molar-refractivity contribution >= 4 is 27.8 Å². The first-order chi connectivity index (χ1) is 8.78. The number of anilines is 1. The molecule has 18 heavy (non-hydrogen) atoms. The summed E-state index contributed by atoms with van der Waals surface area (Å²) in [5.74, 6) is 0. The Morgan fingerprint density at radius 2 is 2.33 bits per heavy atom. The molecule has 0 aromatic carbocycles. The molecule has 2 N–H and O–H groups in total. The fraction of sp³-hybridized carbons (Fsp3) is 0.462. The zero-order valence-corrected chi connectivity index (χ0v) is 12.1. The Morgan fingerprint density at radius 3 is 2.89 bits per heavy atom. The molecule has 0 spiro atoms. The minimum absolute atomic E-state index is 0.598. The van der Waals surface area contributed by atoms with Gasteiger partial charge in [-0.3, -0.25) is 0 Å². The predicted octanol–water partition coefficient (Wildman–Crippen LogP) is 3.14. The fourth-order valence-corrected chi connectivity index (χ4v) is 3.71. The second kappa shape index (κ2) is 4.99. The lowest BCUT2D eigenvalue weighted by Gasteiger charge is -2.20. The van der Waals surface area contributed by atoms with Crippen molar-refractivity contribution < 1.29 is 0 Å². The van der Waals surface area contributed by atoms with Crippen LogP contribution in [0.5, 0.6) is 0 Å². The fourth-order valence-electron chi connectivity index (χ4n) is 2.04. The minimum atomic E-state index is 0.598. The van der Waals surface area contributed by atoms with E-state index in [1.165, 1.54) is 23.3 Å². The third-order valence-electron chi connectivity index (χ3n) is 3.23. The molecule has 0 radical (unpaired) electrons. The molecule has 3 rings (SSSR count). The van der Waals surface area contributed by atoms with E-state index in [0.29, 0.717) is 12.6 Å². The molecule has 1 saturated carbocycles. The molecule has 2 aromatic heterocycles. The van der Waals surface area contributed by atoms with Gasteiger partial charge in [0.15, 0.2) is 5.13 Å². The van der Waals surface area contributed by atoms with Gasteiger partial charge in [0, 0.05) is 24.0 Å². The normalized spacial score (nSPS) is 15.0. The molecule has 0 aliphatic heterocycles. The van der Waals surface area contributed by atoms with Crippen LogP contribution in [0, 0.1) is 6.92 Å². The van der Waals surface area contributed by atoms with Crippen LogP contribution in [-0.2, 0) is 13.1 Å². The molecule has 2 aromatic rings. The summed E-state index contributed by atoms with van der Waals surface area (Å²) in [5.41, 5.74) is 8.22. The first kappa shape index (κ1) is 12.1. The van der Waals surface area contributed by atoms with Crippen LogP contribution in [0.15, 0.2) is 16.8 Å². The average Bonchev–Trinajstić information content (AvgIpc) is 2.94. The van der Waals surface area contributed by atoms with Crippen molar-refractivity contribution in [3.8, 4) is 0 Å². The Morgan fingerprint density at radius 1 is 1.50 bits per heavy atom. The number of nitrogens with zero attached hydrogens (tertiary/aromatic N) is 2. The van der Waals surface area contributed by atoms with E-state index in [0.717, 1.165) is 17.4 Å². The smallest absolute Gasteiger partial charge is 0.186 e. The Balaban J connectivity index is 1.84. The molecular formula is C13H17N3S2. The third-order valence-corrected chi connectivity index (χ3v) is 5.18. The number of hydrogen-bond donors (Lipinski definition) is 1. The lowest BCUT2D eigenvalue weighted by Crippen LogP contribution is -2.24. The molecule has 1 fully saturated rings. The van der Waals surface area contributed by atoms with Crippen molar-refractivity contribution in [2.75, 3.05) is 4.90 Å². The van der Waals surface area contributed by atoms with Crippen molar-refractivity contribution in [1.82, 2.24) is 4.98 Å². The van der Waals surface area contributed by atoms with Crippen LogP contribution in [0.4, 0.5) is 5.13 Å². The first-order valence-electron chi connectivity index (χ1n) is 6.22. The van der Waals surface area contributed by atoms with Gasteiger partial charge in [-0.2, -0.15) is 11.3 Å². The second-order valence-electron chi connectivity index (χ2n) is 4.70. The molecule has 0 unspecified atom stereocenters. The first-order valence-corrected chi connectivity index (χ1v) is 7.98. The topological polar surface area (TPSA) is 42.2 Å². The van der Waals surface area contributed by atoms with Crippen LogP contribution < -0.4 is 10.6 Å². The maximum Gasteiger partial charge on any atom is 0.186 e. The van der Waals surface area contributed by atoms with Crippen molar-refractivity contribution in [3.05, 3.63) is 33.0 Å². The third kappa shape index (κ3) is 2.43. The van der Waals surface area contributed by atoms with E-state index in [-0.39, 0.29) is 0 Å². The van der Waals surface area contributed by atoms with E-state index in [9.17, 15) is 0 Å². The standard InChI is InChI=1S/C13H17N3S2/c1-9-12(6-14)18-13(15-9)16(11-2-3-11)7-10-4-5-17-8-10/h4-5,8,11H,2-3,6-7,14H2,1H3. The zero-order valence-electron chi connectivity index (χ0n) is 10.4. The number of aryl methyl sites for hydroxylation is 1. The summed E-state index contributed by atoms with van der Waals surface area (Å²) in [5, 5.41) is 5.50. The van der Waals surface area contributed by atoms with Crippen LogP contribution in [0.2, 0.25) is 0 Å². The minimum Gasteiger partial charge on any atom is -0.341 e. The molecular weight excluding hydrogens is 262 g/mol. The molecule has 5 heteroatoms. The van der Waals surface area contributed by atoms with Crippen LogP contribution in [-0.4, -0.2) is 11.0 Å². The van der Waals surface area contributed by atoms with E-state index < -0.39 is 0 Å². The number of aromatic nitrogens is 1. The van der Waals surface area contributed by atoms with Crippen molar-refractivity contribution in [1.29, 1.82) is 0 Å². The number of thiazole rings is 1. The second-order valence-corrected chi connectivity index (χ2v) is 6.54. The highest BCUT2D eigenvalue weighted by molar-refractivity contribution is 7.15. The van der Waals surface area contributed by atoms with Gasteiger partial charge in [-0.1, -0.05) is 0 Å². The quantitative estimate of drug-likeness (QED) is 0.914. The van der Waals surface area contributed by atoms with E-state index in [1.54, 1.807) is 22.7 Å². The molecule has 3 nitrogen and oxygen atoms in total. The maximum absolute atomic E-state index is 5.75. The van der Waals surface area contributed by atoms with E-state index >= 15 is 0 Å². The lowest BCUT2D eigenvalue weighted by atomic mass is 10.3. The van der Waals surface area contributed by atoms with E-state index in [4.69, 9.17) is 10.7 Å². The van der Waals surface area contributed by atoms with Crippen molar-refractivity contribution in [2.24, 2.45) is 5.73 Å². The molecule has 1 aliphatic rings. The molecule has 2 heterocycles. The van der Waals surface area contributed by atoms with Gasteiger partial charge in [0.05, 0.1) is 5.69 Å². The summed E-state index contributed by atoms with van der Waals surface area (Å²) < 4.78 is 0. The van der Waals surface area contributed by atoms with Gasteiger partial charge in [-0.25, -0.2) is 4.98 Å². The highest BCUT2D eigenvalue weighted by Crippen LogP contribution is 2.36. The monoisotopic (exact) mass is 279 g/mol. The summed E-state index contributed by atoms with van der Waals surface area (Å²) in [7, 11) is 0. The Bertz CT molecular complexity index is 514. The molecule has 0 bridgehead atoms. The summed E-state index contributed by atoms with van der Waals surface area (Å²) in [6, 6.07) is 2.88. The summed E-state index contributed by atoms with van der Waals surface area (Å²) in [6.45, 7) is 3.63. The number of rotatable bonds is 5. The van der Waals surface area contributed by atoms with Crippen LogP contribution in [0.1, 0.15) is 29.0 Å². The molecule has 96 valence electrons. The van der Waals surface area contributed by atoms with Crippen molar-refractivity contribution in [3.63, 3.8) is 0 Å². The van der Waals surface area contributed by atoms with Gasteiger partial charge in [0.25, 0.3) is 0 Å². The molecule has 0 atom stereocenters. The molecule has 0 saturated heterocycles. The Hall–Kier alpha value is -0.910. The summed E-state index contributed by atoms with van der Waals surface area (Å²) in [4.78, 5) is 8.34. The number of hydrogen-bond acceptors (Lipinski definition) is 5. The van der Waals surface area contributed by atoms with E-state index in [2.05, 4.69) is 28.7 Å². The summed E-state index contributed by atoms with van der Waals surface area (Å²) in [6.07, 6.45) is 2.58. The van der Waals surface area contributed by atoms with Crippen LogP contribution in [0.25, 0.3) is 0 Å². The van der Waals surface area contributed by atoms with Crippen LogP contribution >= 0.6 is 22.7 Å². The van der Waals surface area contributed by atoms with Gasteiger partial charge in [-0.15, -0.1) is 11.3 Å². The predicted molar refractivity (Wildman–Crippen MR) is 78.3 cm³/mol. The van der Waals surface area contributed by atoms with Gasteiger partial charge in [-0.05, 0) is 42.2 Å². The van der Waals surface area contributed by atoms with Gasteiger partial charge in [0.2, 0.25) is 0 Å². The highest BCUT2D eigenvalue weighted by Gasteiger charge is 2.31. The summed E-state index contributed by atoms with van der Waals surface area (Å²) >= 11 is 3.51. The Labute approximate surface area is 115 Å². The largest absolute Gasteiger partial charge is 0.341 e. The number of nitrogens with two attached hydrogens (primary N) is 1. The number of thiophene rings is 1. The van der Waals surface area contributed by atoms with Gasteiger partial charge in [0.1, 0.15) is 0 Å².